The summed E-state index contributed by atoms with van der Waals surface area (Å²) in [4.78, 5) is 10.7. The fraction of sp³-hybridized carbons (Fsp3) is 0.571. The fourth-order valence-electron chi connectivity index (χ4n) is 0.391. The van der Waals surface area contributed by atoms with Crippen LogP contribution in [0.15, 0.2) is 12.2 Å². The van der Waals surface area contributed by atoms with Crippen molar-refractivity contribution in [2.45, 2.75) is 6.92 Å². The molecule has 0 heterocycles. The van der Waals surface area contributed by atoms with E-state index in [9.17, 15) is 4.79 Å². The largest absolute Gasteiger partial charge is 0.446 e. The van der Waals surface area contributed by atoms with Gasteiger partial charge in [0, 0.05) is 12.1 Å². The quantitative estimate of drug-likeness (QED) is 0.249. The van der Waals surface area contributed by atoms with Gasteiger partial charge < -0.3 is 9.84 Å². The average molecular weight is 159 g/mol. The minimum absolute atomic E-state index is 0.0324. The summed E-state index contributed by atoms with van der Waals surface area (Å²) in [6, 6.07) is 0. The molecule has 0 saturated heterocycles. The molecule has 0 aliphatic rings. The minimum atomic E-state index is -0.421. The molecule has 0 rings (SSSR count). The second-order valence-electron chi connectivity index (χ2n) is 2.08. The summed E-state index contributed by atoms with van der Waals surface area (Å²) >= 11 is 0. The van der Waals surface area contributed by atoms with E-state index < -0.39 is 5.97 Å². The van der Waals surface area contributed by atoms with Crippen LogP contribution < -0.4 is 5.32 Å². The van der Waals surface area contributed by atoms with E-state index in [1.807, 2.05) is 0 Å². The van der Waals surface area contributed by atoms with Gasteiger partial charge in [-0.15, -0.1) is 0 Å². The lowest BCUT2D eigenvalue weighted by Gasteiger charge is -2.03. The molecular formula is C7H13NO3. The van der Waals surface area contributed by atoms with Crippen molar-refractivity contribution in [2.75, 3.05) is 19.9 Å². The molecule has 4 heteroatoms. The highest BCUT2D eigenvalue weighted by molar-refractivity contribution is 5.86. The van der Waals surface area contributed by atoms with E-state index in [-0.39, 0.29) is 13.3 Å². The molecule has 0 amide bonds. The standard InChI is InChI=1S/C7H13NO3/c1-6(2)7(10)11-5-8-3-4-9/h8-9H,1,3-5H2,2H3. The van der Waals surface area contributed by atoms with E-state index in [4.69, 9.17) is 5.11 Å². The normalized spacial score (nSPS) is 9.27. The van der Waals surface area contributed by atoms with Gasteiger partial charge in [0.05, 0.1) is 6.61 Å². The summed E-state index contributed by atoms with van der Waals surface area (Å²) in [7, 11) is 0. The molecule has 0 aromatic carbocycles. The molecule has 0 aromatic heterocycles. The fourth-order valence-corrected chi connectivity index (χ4v) is 0.391. The number of rotatable bonds is 5. The summed E-state index contributed by atoms with van der Waals surface area (Å²) in [6.45, 7) is 5.55. The topological polar surface area (TPSA) is 58.6 Å². The van der Waals surface area contributed by atoms with Gasteiger partial charge in [-0.3, -0.25) is 5.32 Å². The van der Waals surface area contributed by atoms with Gasteiger partial charge in [0.15, 0.2) is 0 Å². The third-order valence-electron chi connectivity index (χ3n) is 0.942. The van der Waals surface area contributed by atoms with Crippen molar-refractivity contribution in [3.63, 3.8) is 0 Å². The molecule has 0 aromatic rings. The second kappa shape index (κ2) is 5.88. The highest BCUT2D eigenvalue weighted by Crippen LogP contribution is 1.89. The lowest BCUT2D eigenvalue weighted by atomic mass is 10.4. The van der Waals surface area contributed by atoms with Crippen LogP contribution in [0.2, 0.25) is 0 Å². The zero-order chi connectivity index (χ0) is 8.69. The Morgan fingerprint density at radius 2 is 2.36 bits per heavy atom. The number of hydrogen-bond donors (Lipinski definition) is 2. The molecule has 0 saturated carbocycles. The van der Waals surface area contributed by atoms with Gasteiger partial charge in [-0.05, 0) is 6.92 Å². The van der Waals surface area contributed by atoms with Crippen molar-refractivity contribution in [3.8, 4) is 0 Å². The van der Waals surface area contributed by atoms with E-state index in [0.29, 0.717) is 12.1 Å². The monoisotopic (exact) mass is 159 g/mol. The molecule has 0 unspecified atom stereocenters. The molecule has 64 valence electrons. The summed E-state index contributed by atoms with van der Waals surface area (Å²) in [6.07, 6.45) is 0. The maximum Gasteiger partial charge on any atom is 0.334 e. The third-order valence-corrected chi connectivity index (χ3v) is 0.942. The maximum atomic E-state index is 10.7. The Morgan fingerprint density at radius 3 is 2.82 bits per heavy atom. The van der Waals surface area contributed by atoms with Crippen molar-refractivity contribution in [1.29, 1.82) is 0 Å². The molecule has 0 spiro atoms. The Kier molecular flexibility index (Phi) is 5.42. The van der Waals surface area contributed by atoms with E-state index in [1.165, 1.54) is 0 Å². The number of aliphatic hydroxyl groups excluding tert-OH is 1. The Bertz CT molecular complexity index is 145. The smallest absolute Gasteiger partial charge is 0.334 e. The first-order valence-corrected chi connectivity index (χ1v) is 3.32. The zero-order valence-corrected chi connectivity index (χ0v) is 6.59. The summed E-state index contributed by atoms with van der Waals surface area (Å²) < 4.78 is 4.64. The number of carbonyl (C=O) groups excluding carboxylic acids is 1. The van der Waals surface area contributed by atoms with Crippen LogP contribution in [0.1, 0.15) is 6.92 Å². The van der Waals surface area contributed by atoms with Gasteiger partial charge in [0.1, 0.15) is 6.73 Å². The first-order chi connectivity index (χ1) is 5.18. The summed E-state index contributed by atoms with van der Waals surface area (Å²) in [5, 5.41) is 11.0. The second-order valence-corrected chi connectivity index (χ2v) is 2.08. The Labute approximate surface area is 65.9 Å². The molecule has 0 radical (unpaired) electrons. The number of esters is 1. The predicted molar refractivity (Wildman–Crippen MR) is 40.9 cm³/mol. The number of ether oxygens (including phenoxy) is 1. The predicted octanol–water partition coefficient (Wildman–Crippen LogP) is -0.355. The molecule has 0 bridgehead atoms. The van der Waals surface area contributed by atoms with Gasteiger partial charge in [-0.25, -0.2) is 4.79 Å². The van der Waals surface area contributed by atoms with Crippen molar-refractivity contribution in [1.82, 2.24) is 5.32 Å². The van der Waals surface area contributed by atoms with Crippen LogP contribution in [-0.4, -0.2) is 31.0 Å². The van der Waals surface area contributed by atoms with Gasteiger partial charge in [-0.1, -0.05) is 6.58 Å². The van der Waals surface area contributed by atoms with Crippen LogP contribution in [0.4, 0.5) is 0 Å². The van der Waals surface area contributed by atoms with E-state index in [1.54, 1.807) is 6.92 Å². The highest BCUT2D eigenvalue weighted by atomic mass is 16.5. The molecular weight excluding hydrogens is 146 g/mol. The summed E-state index contributed by atoms with van der Waals surface area (Å²) in [5.74, 6) is -0.421. The van der Waals surface area contributed by atoms with E-state index in [0.717, 1.165) is 0 Å². The molecule has 4 nitrogen and oxygen atoms in total. The van der Waals surface area contributed by atoms with Crippen molar-refractivity contribution >= 4 is 5.97 Å². The third kappa shape index (κ3) is 5.57. The van der Waals surface area contributed by atoms with Crippen LogP contribution in [0.5, 0.6) is 0 Å². The first kappa shape index (κ1) is 10.1. The lowest BCUT2D eigenvalue weighted by Crippen LogP contribution is -2.23. The highest BCUT2D eigenvalue weighted by Gasteiger charge is 2.00. The molecule has 2 N–H and O–H groups in total. The van der Waals surface area contributed by atoms with Gasteiger partial charge in [0.2, 0.25) is 0 Å². The first-order valence-electron chi connectivity index (χ1n) is 3.32. The van der Waals surface area contributed by atoms with E-state index in [2.05, 4.69) is 16.6 Å². The lowest BCUT2D eigenvalue weighted by molar-refractivity contribution is -0.139. The van der Waals surface area contributed by atoms with Crippen molar-refractivity contribution in [3.05, 3.63) is 12.2 Å². The van der Waals surface area contributed by atoms with Crippen LogP contribution in [0.3, 0.4) is 0 Å². The maximum absolute atomic E-state index is 10.7. The minimum Gasteiger partial charge on any atom is -0.446 e. The molecule has 11 heavy (non-hydrogen) atoms. The Hall–Kier alpha value is -0.870. The van der Waals surface area contributed by atoms with Crippen molar-refractivity contribution < 1.29 is 14.6 Å². The van der Waals surface area contributed by atoms with Gasteiger partial charge in [-0.2, -0.15) is 0 Å². The average Bonchev–Trinajstić information content (AvgIpc) is 1.97. The van der Waals surface area contributed by atoms with Gasteiger partial charge >= 0.3 is 5.97 Å². The van der Waals surface area contributed by atoms with E-state index >= 15 is 0 Å². The molecule has 0 aliphatic heterocycles. The number of aliphatic hydroxyl groups is 1. The van der Waals surface area contributed by atoms with Gasteiger partial charge in [0.25, 0.3) is 0 Å². The SMILES string of the molecule is C=C(C)C(=O)OCNCCO. The number of hydrogen-bond acceptors (Lipinski definition) is 4. The Balaban J connectivity index is 3.25. The number of nitrogens with one attached hydrogen (secondary N) is 1. The molecule has 0 aliphatic carbocycles. The van der Waals surface area contributed by atoms with Crippen LogP contribution in [0.25, 0.3) is 0 Å². The molecule has 0 fully saturated rings. The van der Waals surface area contributed by atoms with Crippen LogP contribution in [-0.2, 0) is 9.53 Å². The summed E-state index contributed by atoms with van der Waals surface area (Å²) in [5.41, 5.74) is 0.371. The number of carbonyl (C=O) groups is 1. The van der Waals surface area contributed by atoms with Crippen molar-refractivity contribution in [2.24, 2.45) is 0 Å². The van der Waals surface area contributed by atoms with Crippen LogP contribution >= 0.6 is 0 Å². The molecule has 0 atom stereocenters. The zero-order valence-electron chi connectivity index (χ0n) is 6.59. The Morgan fingerprint density at radius 1 is 1.73 bits per heavy atom. The van der Waals surface area contributed by atoms with Crippen LogP contribution in [0, 0.1) is 0 Å².